The minimum atomic E-state index is -1.70. The SMILES string of the molecule is C[C@H](C=CO[Si](C)(C)C(C)(C)C)O[Si](C)(C)C(C)(C)C. The molecule has 120 valence electrons. The van der Waals surface area contributed by atoms with E-state index in [9.17, 15) is 0 Å². The van der Waals surface area contributed by atoms with Crippen LogP contribution in [0.1, 0.15) is 48.5 Å². The van der Waals surface area contributed by atoms with E-state index >= 15 is 0 Å². The van der Waals surface area contributed by atoms with Gasteiger partial charge in [-0.1, -0.05) is 41.5 Å². The normalized spacial score (nSPS) is 16.6. The molecule has 0 spiro atoms. The Morgan fingerprint density at radius 2 is 1.20 bits per heavy atom. The first-order chi connectivity index (χ1) is 8.60. The highest BCUT2D eigenvalue weighted by atomic mass is 28.4. The third-order valence-corrected chi connectivity index (χ3v) is 13.7. The third kappa shape index (κ3) is 5.74. The smallest absolute Gasteiger partial charge is 0.249 e. The summed E-state index contributed by atoms with van der Waals surface area (Å²) >= 11 is 0. The van der Waals surface area contributed by atoms with E-state index in [1.807, 2.05) is 6.26 Å². The van der Waals surface area contributed by atoms with Gasteiger partial charge in [0.05, 0.1) is 12.4 Å². The van der Waals surface area contributed by atoms with Gasteiger partial charge in [-0.2, -0.15) is 0 Å². The van der Waals surface area contributed by atoms with E-state index in [-0.39, 0.29) is 16.2 Å². The van der Waals surface area contributed by atoms with Gasteiger partial charge in [-0.25, -0.2) is 0 Å². The van der Waals surface area contributed by atoms with Crippen LogP contribution in [-0.2, 0) is 8.85 Å². The molecule has 0 bridgehead atoms. The van der Waals surface area contributed by atoms with Crippen molar-refractivity contribution < 1.29 is 8.85 Å². The van der Waals surface area contributed by atoms with Gasteiger partial charge in [-0.3, -0.25) is 0 Å². The Labute approximate surface area is 129 Å². The fourth-order valence-electron chi connectivity index (χ4n) is 1.18. The summed E-state index contributed by atoms with van der Waals surface area (Å²) in [5.74, 6) is 0. The topological polar surface area (TPSA) is 18.5 Å². The van der Waals surface area contributed by atoms with Gasteiger partial charge in [0.25, 0.3) is 0 Å². The summed E-state index contributed by atoms with van der Waals surface area (Å²) in [6.45, 7) is 24.7. The second-order valence-electron chi connectivity index (χ2n) is 8.79. The molecule has 0 aromatic heterocycles. The zero-order chi connectivity index (χ0) is 16.4. The summed E-state index contributed by atoms with van der Waals surface area (Å²) in [5.41, 5.74) is 0. The Morgan fingerprint density at radius 1 is 0.800 bits per heavy atom. The lowest BCUT2D eigenvalue weighted by molar-refractivity contribution is 0.240. The Kier molecular flexibility index (Phi) is 6.34. The minimum Gasteiger partial charge on any atom is -0.549 e. The highest BCUT2D eigenvalue weighted by Gasteiger charge is 2.39. The Balaban J connectivity index is 4.57. The molecule has 0 fully saturated rings. The van der Waals surface area contributed by atoms with E-state index in [4.69, 9.17) is 8.85 Å². The van der Waals surface area contributed by atoms with Crippen LogP contribution in [-0.4, -0.2) is 22.7 Å². The number of hydrogen-bond acceptors (Lipinski definition) is 2. The van der Waals surface area contributed by atoms with Crippen LogP contribution in [0.25, 0.3) is 0 Å². The van der Waals surface area contributed by atoms with Crippen LogP contribution in [0.15, 0.2) is 12.3 Å². The molecule has 20 heavy (non-hydrogen) atoms. The lowest BCUT2D eigenvalue weighted by Gasteiger charge is -2.38. The molecule has 0 radical (unpaired) electrons. The van der Waals surface area contributed by atoms with Crippen LogP contribution in [0.2, 0.25) is 36.3 Å². The van der Waals surface area contributed by atoms with Crippen LogP contribution in [0.5, 0.6) is 0 Å². The molecule has 0 heterocycles. The molecule has 0 amide bonds. The summed E-state index contributed by atoms with van der Waals surface area (Å²) in [7, 11) is -3.39. The highest BCUT2D eigenvalue weighted by molar-refractivity contribution is 6.74. The number of hydrogen-bond donors (Lipinski definition) is 0. The van der Waals surface area contributed by atoms with Crippen molar-refractivity contribution in [1.29, 1.82) is 0 Å². The predicted octanol–water partition coefficient (Wildman–Crippen LogP) is 5.93. The largest absolute Gasteiger partial charge is 0.549 e. The molecular formula is C16H36O2Si2. The first-order valence-corrected chi connectivity index (χ1v) is 13.4. The van der Waals surface area contributed by atoms with Crippen molar-refractivity contribution in [1.82, 2.24) is 0 Å². The van der Waals surface area contributed by atoms with E-state index in [0.717, 1.165) is 0 Å². The predicted molar refractivity (Wildman–Crippen MR) is 95.2 cm³/mol. The van der Waals surface area contributed by atoms with Crippen LogP contribution >= 0.6 is 0 Å². The van der Waals surface area contributed by atoms with E-state index in [2.05, 4.69) is 80.7 Å². The summed E-state index contributed by atoms with van der Waals surface area (Å²) in [6, 6.07) is 0. The molecule has 0 N–H and O–H groups in total. The molecule has 1 atom stereocenters. The average Bonchev–Trinajstić information content (AvgIpc) is 2.12. The van der Waals surface area contributed by atoms with Crippen LogP contribution in [0.3, 0.4) is 0 Å². The van der Waals surface area contributed by atoms with Crippen molar-refractivity contribution in [3.05, 3.63) is 12.3 Å². The van der Waals surface area contributed by atoms with Crippen molar-refractivity contribution in [2.75, 3.05) is 0 Å². The van der Waals surface area contributed by atoms with E-state index in [0.29, 0.717) is 0 Å². The van der Waals surface area contributed by atoms with Gasteiger partial charge in [-0.05, 0) is 49.3 Å². The first-order valence-electron chi connectivity index (χ1n) is 7.62. The molecule has 0 aromatic carbocycles. The first kappa shape index (κ1) is 19.9. The van der Waals surface area contributed by atoms with Gasteiger partial charge in [0.1, 0.15) is 0 Å². The molecule has 0 saturated carbocycles. The van der Waals surface area contributed by atoms with Crippen LogP contribution < -0.4 is 0 Å². The summed E-state index contributed by atoms with van der Waals surface area (Å²) in [5, 5.41) is 0.482. The van der Waals surface area contributed by atoms with Gasteiger partial charge >= 0.3 is 0 Å². The number of rotatable bonds is 5. The quantitative estimate of drug-likeness (QED) is 0.462. The van der Waals surface area contributed by atoms with Crippen molar-refractivity contribution in [3.63, 3.8) is 0 Å². The second kappa shape index (κ2) is 6.36. The lowest BCUT2D eigenvalue weighted by atomic mass is 10.2. The van der Waals surface area contributed by atoms with Gasteiger partial charge < -0.3 is 8.85 Å². The Hall–Kier alpha value is -0.0662. The van der Waals surface area contributed by atoms with Crippen molar-refractivity contribution in [2.24, 2.45) is 0 Å². The summed E-state index contributed by atoms with van der Waals surface area (Å²) in [6.07, 6.45) is 4.04. The molecular weight excluding hydrogens is 280 g/mol. The Bertz CT molecular complexity index is 333. The second-order valence-corrected chi connectivity index (χ2v) is 18.3. The van der Waals surface area contributed by atoms with Crippen molar-refractivity contribution in [2.45, 2.75) is 90.8 Å². The molecule has 0 aliphatic rings. The zero-order valence-electron chi connectivity index (χ0n) is 15.5. The standard InChI is InChI=1S/C16H36O2Si2/c1-14(18-20(10,11)16(5,6)7)12-13-17-19(8,9)15(2,3)4/h12-14H,1-11H3/t14-/m1/s1. The summed E-state index contributed by atoms with van der Waals surface area (Å²) in [4.78, 5) is 0. The third-order valence-electron chi connectivity index (χ3n) is 4.81. The maximum absolute atomic E-state index is 6.29. The van der Waals surface area contributed by atoms with Crippen LogP contribution in [0, 0.1) is 0 Å². The summed E-state index contributed by atoms with van der Waals surface area (Å²) < 4.78 is 12.3. The van der Waals surface area contributed by atoms with Crippen molar-refractivity contribution in [3.8, 4) is 0 Å². The highest BCUT2D eigenvalue weighted by Crippen LogP contribution is 2.38. The lowest BCUT2D eigenvalue weighted by Crippen LogP contribution is -2.43. The molecule has 0 aliphatic carbocycles. The van der Waals surface area contributed by atoms with E-state index < -0.39 is 16.6 Å². The molecule has 0 aromatic rings. The molecule has 0 unspecified atom stereocenters. The molecule has 2 nitrogen and oxygen atoms in total. The zero-order valence-corrected chi connectivity index (χ0v) is 17.5. The van der Waals surface area contributed by atoms with Crippen molar-refractivity contribution >= 4 is 16.6 Å². The fraction of sp³-hybridized carbons (Fsp3) is 0.875. The molecule has 0 rings (SSSR count). The van der Waals surface area contributed by atoms with E-state index in [1.165, 1.54) is 0 Å². The van der Waals surface area contributed by atoms with Gasteiger partial charge in [0.15, 0.2) is 8.32 Å². The molecule has 0 saturated heterocycles. The van der Waals surface area contributed by atoms with Gasteiger partial charge in [-0.15, -0.1) is 0 Å². The molecule has 0 aliphatic heterocycles. The molecule has 4 heteroatoms. The van der Waals surface area contributed by atoms with Gasteiger partial charge in [0.2, 0.25) is 8.32 Å². The Morgan fingerprint density at radius 3 is 1.55 bits per heavy atom. The fourth-order valence-corrected chi connectivity index (χ4v) is 3.31. The maximum Gasteiger partial charge on any atom is 0.249 e. The van der Waals surface area contributed by atoms with Crippen LogP contribution in [0.4, 0.5) is 0 Å². The van der Waals surface area contributed by atoms with E-state index in [1.54, 1.807) is 0 Å². The minimum absolute atomic E-state index is 0.112. The van der Waals surface area contributed by atoms with Gasteiger partial charge in [0, 0.05) is 0 Å². The monoisotopic (exact) mass is 316 g/mol. The average molecular weight is 317 g/mol. The maximum atomic E-state index is 6.29.